The molecule has 0 saturated heterocycles. The highest BCUT2D eigenvalue weighted by Gasteiger charge is 2.09. The molecule has 2 rings (SSSR count). The van der Waals surface area contributed by atoms with E-state index in [0.717, 1.165) is 0 Å². The molecule has 0 amide bonds. The predicted octanol–water partition coefficient (Wildman–Crippen LogP) is 2.03. The van der Waals surface area contributed by atoms with Crippen molar-refractivity contribution in [1.82, 2.24) is 15.2 Å². The number of aromatic amines is 1. The van der Waals surface area contributed by atoms with Crippen molar-refractivity contribution in [2.75, 3.05) is 0 Å². The van der Waals surface area contributed by atoms with Crippen LogP contribution in [0.5, 0.6) is 0 Å². The second-order valence-electron chi connectivity index (χ2n) is 2.76. The first-order valence-corrected chi connectivity index (χ1v) is 4.37. The quantitative estimate of drug-likeness (QED) is 0.625. The van der Waals surface area contributed by atoms with Crippen molar-refractivity contribution in [2.24, 2.45) is 0 Å². The number of halogens is 1. The van der Waals surface area contributed by atoms with Gasteiger partial charge in [-0.25, -0.2) is 5.10 Å². The van der Waals surface area contributed by atoms with Gasteiger partial charge in [0.25, 0.3) is 5.69 Å². The molecule has 0 radical (unpaired) electrons. The highest BCUT2D eigenvalue weighted by molar-refractivity contribution is 6.28. The molecule has 0 saturated carbocycles. The molecule has 15 heavy (non-hydrogen) atoms. The van der Waals surface area contributed by atoms with E-state index in [1.54, 1.807) is 12.1 Å². The third-order valence-corrected chi connectivity index (χ3v) is 1.94. The van der Waals surface area contributed by atoms with Gasteiger partial charge in [0.2, 0.25) is 5.28 Å². The van der Waals surface area contributed by atoms with Crippen LogP contribution in [-0.2, 0) is 0 Å². The molecule has 1 heterocycles. The van der Waals surface area contributed by atoms with Crippen molar-refractivity contribution in [1.29, 1.82) is 0 Å². The Balaban J connectivity index is 2.45. The summed E-state index contributed by atoms with van der Waals surface area (Å²) >= 11 is 5.55. The standard InChI is InChI=1S/C8H5ClN4O2/c9-8-10-7(11-12-8)5-2-1-3-6(4-5)13(14)15/h1-4H,(H,10,11,12). The summed E-state index contributed by atoms with van der Waals surface area (Å²) in [4.78, 5) is 13.9. The Bertz CT molecular complexity index is 511. The summed E-state index contributed by atoms with van der Waals surface area (Å²) in [5.41, 5.74) is 0.542. The molecule has 0 aliphatic carbocycles. The van der Waals surface area contributed by atoms with E-state index in [1.165, 1.54) is 12.1 Å². The van der Waals surface area contributed by atoms with E-state index >= 15 is 0 Å². The molecule has 7 heteroatoms. The van der Waals surface area contributed by atoms with Gasteiger partial charge in [0, 0.05) is 17.7 Å². The van der Waals surface area contributed by atoms with Crippen molar-refractivity contribution < 1.29 is 4.92 Å². The Hall–Kier alpha value is -1.95. The molecule has 1 aromatic carbocycles. The molecule has 0 unspecified atom stereocenters. The van der Waals surface area contributed by atoms with Gasteiger partial charge in [0.1, 0.15) is 0 Å². The minimum Gasteiger partial charge on any atom is -0.258 e. The molecule has 0 atom stereocenters. The second kappa shape index (κ2) is 3.66. The molecular formula is C8H5ClN4O2. The molecule has 2 aromatic rings. The van der Waals surface area contributed by atoms with E-state index in [2.05, 4.69) is 15.2 Å². The Morgan fingerprint density at radius 3 is 2.87 bits per heavy atom. The number of H-pyrrole nitrogens is 1. The van der Waals surface area contributed by atoms with Gasteiger partial charge in [0.15, 0.2) is 5.82 Å². The number of nitrogens with one attached hydrogen (secondary N) is 1. The number of hydrogen-bond acceptors (Lipinski definition) is 4. The topological polar surface area (TPSA) is 84.7 Å². The average Bonchev–Trinajstić information content (AvgIpc) is 2.65. The summed E-state index contributed by atoms with van der Waals surface area (Å²) < 4.78 is 0. The third-order valence-electron chi connectivity index (χ3n) is 1.77. The normalized spacial score (nSPS) is 10.2. The lowest BCUT2D eigenvalue weighted by atomic mass is 10.2. The van der Waals surface area contributed by atoms with Gasteiger partial charge in [-0.2, -0.15) is 10.1 Å². The number of benzene rings is 1. The zero-order valence-electron chi connectivity index (χ0n) is 7.35. The van der Waals surface area contributed by atoms with Gasteiger partial charge in [-0.3, -0.25) is 10.1 Å². The molecule has 0 aliphatic heterocycles. The van der Waals surface area contributed by atoms with Gasteiger partial charge in [0.05, 0.1) is 4.92 Å². The van der Waals surface area contributed by atoms with E-state index in [0.29, 0.717) is 11.4 Å². The highest BCUT2D eigenvalue weighted by Crippen LogP contribution is 2.21. The molecule has 0 spiro atoms. The zero-order valence-corrected chi connectivity index (χ0v) is 8.10. The van der Waals surface area contributed by atoms with E-state index in [-0.39, 0.29) is 11.0 Å². The van der Waals surface area contributed by atoms with Crippen molar-refractivity contribution in [3.8, 4) is 11.4 Å². The maximum absolute atomic E-state index is 10.5. The van der Waals surface area contributed by atoms with Gasteiger partial charge in [-0.15, -0.1) is 0 Å². The third kappa shape index (κ3) is 1.94. The minimum atomic E-state index is -0.474. The van der Waals surface area contributed by atoms with Crippen LogP contribution in [0.4, 0.5) is 5.69 Å². The Kier molecular flexibility index (Phi) is 2.34. The zero-order chi connectivity index (χ0) is 10.8. The predicted molar refractivity (Wildman–Crippen MR) is 53.5 cm³/mol. The van der Waals surface area contributed by atoms with Gasteiger partial charge in [-0.05, 0) is 11.6 Å². The smallest absolute Gasteiger partial charge is 0.258 e. The van der Waals surface area contributed by atoms with Crippen molar-refractivity contribution in [3.63, 3.8) is 0 Å². The number of hydrogen-bond donors (Lipinski definition) is 1. The first kappa shape index (κ1) is 9.60. The van der Waals surface area contributed by atoms with Crippen LogP contribution in [0.15, 0.2) is 24.3 Å². The van der Waals surface area contributed by atoms with Crippen LogP contribution in [0.3, 0.4) is 0 Å². The lowest BCUT2D eigenvalue weighted by molar-refractivity contribution is -0.384. The van der Waals surface area contributed by atoms with Gasteiger partial charge in [-0.1, -0.05) is 12.1 Å². The fourth-order valence-electron chi connectivity index (χ4n) is 1.13. The summed E-state index contributed by atoms with van der Waals surface area (Å²) in [5.74, 6) is 0.337. The summed E-state index contributed by atoms with van der Waals surface area (Å²) in [5, 5.41) is 16.9. The Morgan fingerprint density at radius 1 is 1.47 bits per heavy atom. The number of nitro benzene ring substituents is 1. The summed E-state index contributed by atoms with van der Waals surface area (Å²) in [6.45, 7) is 0. The van der Waals surface area contributed by atoms with E-state index in [9.17, 15) is 10.1 Å². The van der Waals surface area contributed by atoms with Crippen LogP contribution in [0, 0.1) is 10.1 Å². The summed E-state index contributed by atoms with van der Waals surface area (Å²) in [7, 11) is 0. The van der Waals surface area contributed by atoms with E-state index in [1.807, 2.05) is 0 Å². The van der Waals surface area contributed by atoms with Gasteiger partial charge < -0.3 is 0 Å². The number of nitrogens with zero attached hydrogens (tertiary/aromatic N) is 3. The minimum absolute atomic E-state index is 0.00609. The van der Waals surface area contributed by atoms with Crippen LogP contribution < -0.4 is 0 Å². The van der Waals surface area contributed by atoms with Crippen LogP contribution >= 0.6 is 11.6 Å². The maximum Gasteiger partial charge on any atom is 0.270 e. The summed E-state index contributed by atoms with van der Waals surface area (Å²) in [6, 6.07) is 6.03. The fraction of sp³-hybridized carbons (Fsp3) is 0. The van der Waals surface area contributed by atoms with Crippen LogP contribution in [0.2, 0.25) is 5.28 Å². The SMILES string of the molecule is O=[N+]([O-])c1cccc(-c2n[nH]c(Cl)n2)c1. The van der Waals surface area contributed by atoms with E-state index in [4.69, 9.17) is 11.6 Å². The fourth-order valence-corrected chi connectivity index (χ4v) is 1.25. The lowest BCUT2D eigenvalue weighted by Gasteiger charge is -1.94. The average molecular weight is 225 g/mol. The van der Waals surface area contributed by atoms with Crippen molar-refractivity contribution >= 4 is 17.3 Å². The summed E-state index contributed by atoms with van der Waals surface area (Å²) in [6.07, 6.45) is 0. The molecule has 0 fully saturated rings. The van der Waals surface area contributed by atoms with Crippen molar-refractivity contribution in [2.45, 2.75) is 0 Å². The molecule has 0 aliphatic rings. The first-order chi connectivity index (χ1) is 7.16. The first-order valence-electron chi connectivity index (χ1n) is 3.99. The molecule has 76 valence electrons. The Labute approximate surface area is 89.1 Å². The van der Waals surface area contributed by atoms with Crippen molar-refractivity contribution in [3.05, 3.63) is 39.7 Å². The van der Waals surface area contributed by atoms with Gasteiger partial charge >= 0.3 is 0 Å². The molecule has 6 nitrogen and oxygen atoms in total. The molecule has 1 aromatic heterocycles. The number of nitro groups is 1. The van der Waals surface area contributed by atoms with Crippen LogP contribution in [0.1, 0.15) is 0 Å². The monoisotopic (exact) mass is 224 g/mol. The number of aromatic nitrogens is 3. The molecule has 0 bridgehead atoms. The molecule has 1 N–H and O–H groups in total. The molecular weight excluding hydrogens is 220 g/mol. The van der Waals surface area contributed by atoms with Crippen LogP contribution in [0.25, 0.3) is 11.4 Å². The maximum atomic E-state index is 10.5. The Morgan fingerprint density at radius 2 is 2.27 bits per heavy atom. The van der Waals surface area contributed by atoms with E-state index < -0.39 is 4.92 Å². The number of rotatable bonds is 2. The highest BCUT2D eigenvalue weighted by atomic mass is 35.5. The lowest BCUT2D eigenvalue weighted by Crippen LogP contribution is -1.88. The van der Waals surface area contributed by atoms with Crippen LogP contribution in [-0.4, -0.2) is 20.1 Å². The second-order valence-corrected chi connectivity index (χ2v) is 3.12. The number of non-ortho nitro benzene ring substituents is 1. The largest absolute Gasteiger partial charge is 0.270 e.